The van der Waals surface area contributed by atoms with Gasteiger partial charge in [-0.25, -0.2) is 4.39 Å². The number of piperidine rings is 1. The van der Waals surface area contributed by atoms with Gasteiger partial charge < -0.3 is 9.80 Å². The number of nitriles is 1. The number of carbonyl (C=O) groups is 4. The molecule has 3 aromatic carbocycles. The SMILES string of the molecule is C[C@@H]1CN(CCCc2ccc(N3C(=S)N(c4ccc(C#N)c(C(F)(F)F)c4)C(=O)C3(C)C)cc2F)C[C@H](C)N1CC(=O)Cc1cccc(CC2CCC(=O)NC2=O)c1. The van der Waals surface area contributed by atoms with Gasteiger partial charge in [0.1, 0.15) is 11.4 Å². The molecule has 0 aliphatic carbocycles. The van der Waals surface area contributed by atoms with Crippen LogP contribution >= 0.6 is 12.2 Å². The van der Waals surface area contributed by atoms with E-state index in [0.717, 1.165) is 47.8 Å². The summed E-state index contributed by atoms with van der Waals surface area (Å²) in [4.78, 5) is 57.5. The second-order valence-corrected chi connectivity index (χ2v) is 16.4. The zero-order chi connectivity index (χ0) is 42.1. The van der Waals surface area contributed by atoms with Crippen molar-refractivity contribution in [2.24, 2.45) is 5.92 Å². The summed E-state index contributed by atoms with van der Waals surface area (Å²) < 4.78 is 56.8. The fourth-order valence-electron chi connectivity index (χ4n) is 8.36. The fourth-order valence-corrected chi connectivity index (χ4v) is 8.88. The number of piperazine rings is 1. The Kier molecular flexibility index (Phi) is 12.5. The molecule has 3 aromatic rings. The summed E-state index contributed by atoms with van der Waals surface area (Å²) in [5.41, 5.74) is -0.644. The van der Waals surface area contributed by atoms with Crippen molar-refractivity contribution in [3.8, 4) is 6.07 Å². The Morgan fingerprint density at radius 2 is 1.67 bits per heavy atom. The number of halogens is 4. The van der Waals surface area contributed by atoms with Crippen LogP contribution in [0.3, 0.4) is 0 Å². The first-order valence-corrected chi connectivity index (χ1v) is 19.8. The van der Waals surface area contributed by atoms with Crippen molar-refractivity contribution in [1.82, 2.24) is 15.1 Å². The van der Waals surface area contributed by atoms with Gasteiger partial charge in [-0.2, -0.15) is 18.4 Å². The average molecular weight is 819 g/mol. The van der Waals surface area contributed by atoms with E-state index in [1.165, 1.54) is 23.1 Å². The van der Waals surface area contributed by atoms with Gasteiger partial charge in [-0.05, 0) is 119 Å². The highest BCUT2D eigenvalue weighted by Gasteiger charge is 2.51. The van der Waals surface area contributed by atoms with Crippen LogP contribution in [-0.2, 0) is 44.6 Å². The third-order valence-corrected chi connectivity index (χ3v) is 11.7. The van der Waals surface area contributed by atoms with E-state index >= 15 is 4.39 Å². The molecule has 10 nitrogen and oxygen atoms in total. The smallest absolute Gasteiger partial charge is 0.303 e. The molecule has 0 spiro atoms. The molecule has 306 valence electrons. The van der Waals surface area contributed by atoms with Gasteiger partial charge in [0.2, 0.25) is 11.8 Å². The molecular formula is C43H46F4N6O4S. The van der Waals surface area contributed by atoms with Crippen LogP contribution in [0.1, 0.15) is 74.8 Å². The van der Waals surface area contributed by atoms with Crippen LogP contribution in [0.25, 0.3) is 0 Å². The van der Waals surface area contributed by atoms with E-state index in [2.05, 4.69) is 29.0 Å². The summed E-state index contributed by atoms with van der Waals surface area (Å²) in [5.74, 6) is -1.74. The number of carbonyl (C=O) groups excluding carboxylic acids is 4. The lowest BCUT2D eigenvalue weighted by Gasteiger charge is -2.44. The summed E-state index contributed by atoms with van der Waals surface area (Å²) in [7, 11) is 0. The Balaban J connectivity index is 1.01. The Morgan fingerprint density at radius 1 is 0.983 bits per heavy atom. The standard InChI is InChI=1S/C43H46F4N6O4S/c1-26-23-50(24-27(2)51(26)25-35(54)19-29-8-5-7-28(17-29)18-31-12-15-38(55)49-39(31)56)16-6-9-30-10-14-34(21-37(30)44)53-41(58)52(40(57)42(53,3)4)33-13-11-32(22-48)36(20-33)43(45,46)47/h5,7-8,10-11,13-14,17,20-21,26-27,31H,6,9,12,15-16,18-19,23-25H2,1-4H3,(H,49,55,56)/t26-,27+,31?. The summed E-state index contributed by atoms with van der Waals surface area (Å²) >= 11 is 5.60. The topological polar surface area (TPSA) is 117 Å². The Hall–Kier alpha value is -5.04. The Labute approximate surface area is 340 Å². The van der Waals surface area contributed by atoms with Crippen molar-refractivity contribution < 1.29 is 36.7 Å². The number of anilines is 2. The first-order valence-electron chi connectivity index (χ1n) is 19.4. The van der Waals surface area contributed by atoms with Crippen LogP contribution in [0.5, 0.6) is 0 Å². The average Bonchev–Trinajstić information content (AvgIpc) is 3.33. The lowest BCUT2D eigenvalue weighted by Crippen LogP contribution is -2.58. The van der Waals surface area contributed by atoms with Crippen molar-refractivity contribution in [1.29, 1.82) is 5.26 Å². The monoisotopic (exact) mass is 818 g/mol. The quantitative estimate of drug-likeness (QED) is 0.127. The molecule has 3 heterocycles. The minimum atomic E-state index is -4.83. The number of alkyl halides is 3. The molecule has 0 bridgehead atoms. The molecule has 58 heavy (non-hydrogen) atoms. The first-order chi connectivity index (χ1) is 27.4. The molecule has 0 radical (unpaired) electrons. The first kappa shape index (κ1) is 42.6. The van der Waals surface area contributed by atoms with E-state index in [0.29, 0.717) is 44.2 Å². The van der Waals surface area contributed by atoms with Gasteiger partial charge in [0.15, 0.2) is 10.9 Å². The molecule has 0 aromatic heterocycles. The maximum atomic E-state index is 15.6. The number of amides is 3. The number of nitrogens with zero attached hydrogens (tertiary/aromatic N) is 5. The number of aryl methyl sites for hydroxylation is 1. The summed E-state index contributed by atoms with van der Waals surface area (Å²) in [5, 5.41) is 11.5. The van der Waals surface area contributed by atoms with E-state index in [9.17, 15) is 37.6 Å². The second kappa shape index (κ2) is 17.1. The van der Waals surface area contributed by atoms with Crippen LogP contribution in [-0.4, -0.2) is 82.2 Å². The maximum Gasteiger partial charge on any atom is 0.417 e. The third kappa shape index (κ3) is 9.14. The Bertz CT molecular complexity index is 2160. The second-order valence-electron chi connectivity index (χ2n) is 16.1. The number of ketones is 1. The van der Waals surface area contributed by atoms with E-state index in [4.69, 9.17) is 12.2 Å². The highest BCUT2D eigenvalue weighted by atomic mass is 32.1. The number of Topliss-reactive ketones (excluding diaryl/α,β-unsaturated/α-hetero) is 1. The summed E-state index contributed by atoms with van der Waals surface area (Å²) in [6.45, 7) is 9.84. The van der Waals surface area contributed by atoms with E-state index in [-0.39, 0.29) is 58.5 Å². The van der Waals surface area contributed by atoms with Gasteiger partial charge in [0.05, 0.1) is 29.4 Å². The summed E-state index contributed by atoms with van der Waals surface area (Å²) in [6.07, 6.45) is -2.07. The van der Waals surface area contributed by atoms with Crippen molar-refractivity contribution in [3.05, 3.63) is 94.3 Å². The molecule has 3 aliphatic heterocycles. The molecule has 0 saturated carbocycles. The fraction of sp³-hybridized carbons (Fsp3) is 0.442. The van der Waals surface area contributed by atoms with Gasteiger partial charge in [0.25, 0.3) is 5.91 Å². The van der Waals surface area contributed by atoms with Gasteiger partial charge in [0, 0.05) is 49.6 Å². The highest BCUT2D eigenvalue weighted by molar-refractivity contribution is 7.81. The van der Waals surface area contributed by atoms with Gasteiger partial charge in [-0.3, -0.25) is 34.3 Å². The molecule has 15 heteroatoms. The zero-order valence-electron chi connectivity index (χ0n) is 32.9. The van der Waals surface area contributed by atoms with Gasteiger partial charge in [-0.1, -0.05) is 30.3 Å². The number of thiocarbonyl (C=S) groups is 1. The normalized spacial score (nSPS) is 21.7. The van der Waals surface area contributed by atoms with Crippen molar-refractivity contribution in [3.63, 3.8) is 0 Å². The van der Waals surface area contributed by atoms with Crippen molar-refractivity contribution in [2.75, 3.05) is 36.0 Å². The minimum Gasteiger partial charge on any atom is -0.303 e. The van der Waals surface area contributed by atoms with E-state index in [1.807, 2.05) is 24.3 Å². The van der Waals surface area contributed by atoms with Crippen LogP contribution in [0.2, 0.25) is 0 Å². The van der Waals surface area contributed by atoms with Crippen LogP contribution in [0.4, 0.5) is 28.9 Å². The van der Waals surface area contributed by atoms with Crippen LogP contribution in [0, 0.1) is 23.1 Å². The number of imide groups is 1. The van der Waals surface area contributed by atoms with Gasteiger partial charge >= 0.3 is 6.18 Å². The molecule has 3 aliphatic rings. The molecule has 1 unspecified atom stereocenters. The molecule has 6 rings (SSSR count). The van der Waals surface area contributed by atoms with Crippen molar-refractivity contribution >= 4 is 52.2 Å². The molecule has 3 amide bonds. The third-order valence-electron chi connectivity index (χ3n) is 11.3. The molecule has 3 saturated heterocycles. The zero-order valence-corrected chi connectivity index (χ0v) is 33.7. The molecule has 3 atom stereocenters. The van der Waals surface area contributed by atoms with Crippen molar-refractivity contribution in [2.45, 2.75) is 90.0 Å². The molecule has 1 N–H and O–H groups in total. The molecular weight excluding hydrogens is 773 g/mol. The predicted molar refractivity (Wildman–Crippen MR) is 214 cm³/mol. The number of nitrogens with one attached hydrogen (secondary N) is 1. The number of hydrogen-bond acceptors (Lipinski definition) is 8. The lowest BCUT2D eigenvalue weighted by molar-refractivity contribution is -0.138. The number of benzene rings is 3. The molecule has 3 fully saturated rings. The van der Waals surface area contributed by atoms with Crippen LogP contribution in [0.15, 0.2) is 60.7 Å². The minimum absolute atomic E-state index is 0.101. The van der Waals surface area contributed by atoms with Gasteiger partial charge in [-0.15, -0.1) is 0 Å². The number of rotatable bonds is 12. The Morgan fingerprint density at radius 3 is 2.33 bits per heavy atom. The highest BCUT2D eigenvalue weighted by Crippen LogP contribution is 2.40. The maximum absolute atomic E-state index is 15.6. The number of hydrogen-bond donors (Lipinski definition) is 1. The largest absolute Gasteiger partial charge is 0.417 e. The predicted octanol–water partition coefficient (Wildman–Crippen LogP) is 6.37. The lowest BCUT2D eigenvalue weighted by atomic mass is 9.90. The summed E-state index contributed by atoms with van der Waals surface area (Å²) in [6, 6.07) is 17.0. The van der Waals surface area contributed by atoms with Crippen LogP contribution < -0.4 is 15.1 Å². The van der Waals surface area contributed by atoms with E-state index < -0.39 is 34.6 Å². The van der Waals surface area contributed by atoms with E-state index in [1.54, 1.807) is 26.0 Å².